The second-order valence-electron chi connectivity index (χ2n) is 5.30. The van der Waals surface area contributed by atoms with Gasteiger partial charge >= 0.3 is 0 Å². The van der Waals surface area contributed by atoms with E-state index < -0.39 is 0 Å². The Morgan fingerprint density at radius 1 is 0.958 bits per heavy atom. The minimum absolute atomic E-state index is 0.0221. The summed E-state index contributed by atoms with van der Waals surface area (Å²) < 4.78 is 0. The lowest BCUT2D eigenvalue weighted by molar-refractivity contribution is -0.121. The van der Waals surface area contributed by atoms with Crippen LogP contribution in [0.5, 0.6) is 0 Å². The van der Waals surface area contributed by atoms with Gasteiger partial charge < -0.3 is 10.6 Å². The number of thioether (sulfide) groups is 1. The Morgan fingerprint density at radius 2 is 1.75 bits per heavy atom. The predicted molar refractivity (Wildman–Crippen MR) is 101 cm³/mol. The average molecular weight is 363 g/mol. The molecule has 0 aliphatic carbocycles. The summed E-state index contributed by atoms with van der Waals surface area (Å²) in [5.74, 6) is 1.79. The van der Waals surface area contributed by atoms with Crippen molar-refractivity contribution in [3.63, 3.8) is 0 Å². The molecule has 2 aromatic rings. The number of rotatable bonds is 10. The molecule has 24 heavy (non-hydrogen) atoms. The Morgan fingerprint density at radius 3 is 2.50 bits per heavy atom. The van der Waals surface area contributed by atoms with E-state index in [4.69, 9.17) is 0 Å². The maximum absolute atomic E-state index is 11.8. The standard InChI is InChI=1S/C18H22N2O2S2/c21-17(20-9-11-24-14-16-7-10-23-13-16)6-8-19-18(22)12-15-4-2-1-3-5-15/h1-5,7,10,13H,6,8-9,11-12,14H2,(H,19,22)(H,20,21). The lowest BCUT2D eigenvalue weighted by Gasteiger charge is -2.07. The monoisotopic (exact) mass is 362 g/mol. The van der Waals surface area contributed by atoms with Crippen LogP contribution in [0.1, 0.15) is 17.5 Å². The summed E-state index contributed by atoms with van der Waals surface area (Å²) in [7, 11) is 0. The topological polar surface area (TPSA) is 58.2 Å². The molecule has 1 aromatic carbocycles. The number of hydrogen-bond donors (Lipinski definition) is 2. The van der Waals surface area contributed by atoms with Gasteiger partial charge in [-0.3, -0.25) is 9.59 Å². The van der Waals surface area contributed by atoms with Crippen LogP contribution in [0.2, 0.25) is 0 Å². The van der Waals surface area contributed by atoms with E-state index in [-0.39, 0.29) is 11.8 Å². The summed E-state index contributed by atoms with van der Waals surface area (Å²) in [5, 5.41) is 9.87. The molecule has 2 rings (SSSR count). The molecule has 0 saturated heterocycles. The highest BCUT2D eigenvalue weighted by molar-refractivity contribution is 7.98. The third-order valence-corrected chi connectivity index (χ3v) is 5.06. The van der Waals surface area contributed by atoms with Gasteiger partial charge in [-0.25, -0.2) is 0 Å². The van der Waals surface area contributed by atoms with Gasteiger partial charge in [-0.1, -0.05) is 30.3 Å². The summed E-state index contributed by atoms with van der Waals surface area (Å²) in [5.41, 5.74) is 2.31. The van der Waals surface area contributed by atoms with E-state index in [1.807, 2.05) is 30.3 Å². The van der Waals surface area contributed by atoms with Crippen LogP contribution in [0.3, 0.4) is 0 Å². The fraction of sp³-hybridized carbons (Fsp3) is 0.333. The second-order valence-corrected chi connectivity index (χ2v) is 7.18. The zero-order valence-corrected chi connectivity index (χ0v) is 15.1. The molecule has 1 aromatic heterocycles. The Bertz CT molecular complexity index is 615. The van der Waals surface area contributed by atoms with Crippen molar-refractivity contribution in [3.05, 3.63) is 58.3 Å². The Labute approximate surface area is 151 Å². The average Bonchev–Trinajstić information content (AvgIpc) is 3.09. The van der Waals surface area contributed by atoms with Crippen LogP contribution in [0, 0.1) is 0 Å². The molecule has 0 atom stereocenters. The summed E-state index contributed by atoms with van der Waals surface area (Å²) in [6, 6.07) is 11.7. The van der Waals surface area contributed by atoms with Gasteiger partial charge in [0.1, 0.15) is 0 Å². The maximum atomic E-state index is 11.8. The fourth-order valence-corrected chi connectivity index (χ4v) is 3.66. The van der Waals surface area contributed by atoms with E-state index in [2.05, 4.69) is 27.5 Å². The molecule has 0 aliphatic heterocycles. The van der Waals surface area contributed by atoms with Crippen molar-refractivity contribution in [1.29, 1.82) is 0 Å². The first-order valence-corrected chi connectivity index (χ1v) is 10.00. The van der Waals surface area contributed by atoms with E-state index in [1.165, 1.54) is 5.56 Å². The number of benzene rings is 1. The first-order chi connectivity index (χ1) is 11.7. The highest BCUT2D eigenvalue weighted by Crippen LogP contribution is 2.14. The predicted octanol–water partition coefficient (Wildman–Crippen LogP) is 2.85. The molecule has 0 fully saturated rings. The summed E-state index contributed by atoms with van der Waals surface area (Å²) >= 11 is 3.51. The second kappa shape index (κ2) is 10.9. The number of carbonyl (C=O) groups excluding carboxylic acids is 2. The SMILES string of the molecule is O=C(CCNC(=O)Cc1ccccc1)NCCSCc1ccsc1. The molecule has 4 nitrogen and oxygen atoms in total. The van der Waals surface area contributed by atoms with Gasteiger partial charge in [-0.05, 0) is 28.0 Å². The van der Waals surface area contributed by atoms with Gasteiger partial charge in [0.25, 0.3) is 0 Å². The molecule has 0 spiro atoms. The smallest absolute Gasteiger partial charge is 0.224 e. The maximum Gasteiger partial charge on any atom is 0.224 e. The largest absolute Gasteiger partial charge is 0.355 e. The molecule has 1 heterocycles. The number of thiophene rings is 1. The minimum atomic E-state index is -0.0553. The molecule has 2 amide bonds. The quantitative estimate of drug-likeness (QED) is 0.639. The summed E-state index contributed by atoms with van der Waals surface area (Å²) in [6.45, 7) is 1.03. The summed E-state index contributed by atoms with van der Waals surface area (Å²) in [4.78, 5) is 23.5. The van der Waals surface area contributed by atoms with Crippen molar-refractivity contribution in [2.75, 3.05) is 18.8 Å². The van der Waals surface area contributed by atoms with Crippen molar-refractivity contribution in [3.8, 4) is 0 Å². The van der Waals surface area contributed by atoms with Crippen LogP contribution in [0.15, 0.2) is 47.2 Å². The van der Waals surface area contributed by atoms with Crippen LogP contribution in [-0.2, 0) is 21.8 Å². The van der Waals surface area contributed by atoms with Crippen molar-refractivity contribution in [2.24, 2.45) is 0 Å². The van der Waals surface area contributed by atoms with E-state index in [0.29, 0.717) is 25.9 Å². The number of amides is 2. The molecule has 0 saturated carbocycles. The molecule has 2 N–H and O–H groups in total. The lowest BCUT2D eigenvalue weighted by Crippen LogP contribution is -2.32. The Balaban J connectivity index is 1.48. The third kappa shape index (κ3) is 7.66. The van der Waals surface area contributed by atoms with Crippen LogP contribution in [-0.4, -0.2) is 30.7 Å². The lowest BCUT2D eigenvalue weighted by atomic mass is 10.1. The van der Waals surface area contributed by atoms with Gasteiger partial charge in [0.2, 0.25) is 11.8 Å². The summed E-state index contributed by atoms with van der Waals surface area (Å²) in [6.07, 6.45) is 0.664. The highest BCUT2D eigenvalue weighted by Gasteiger charge is 2.05. The van der Waals surface area contributed by atoms with E-state index in [0.717, 1.165) is 17.1 Å². The molecule has 0 aliphatic rings. The van der Waals surface area contributed by atoms with Crippen LogP contribution in [0.4, 0.5) is 0 Å². The Hall–Kier alpha value is -1.79. The normalized spacial score (nSPS) is 10.3. The molecule has 0 bridgehead atoms. The Kier molecular flexibility index (Phi) is 8.41. The van der Waals surface area contributed by atoms with Gasteiger partial charge in [-0.15, -0.1) is 0 Å². The van der Waals surface area contributed by atoms with E-state index in [9.17, 15) is 9.59 Å². The van der Waals surface area contributed by atoms with Crippen molar-refractivity contribution in [1.82, 2.24) is 10.6 Å². The number of hydrogen-bond acceptors (Lipinski definition) is 4. The molecule has 0 unspecified atom stereocenters. The van der Waals surface area contributed by atoms with Gasteiger partial charge in [0.05, 0.1) is 6.42 Å². The zero-order chi connectivity index (χ0) is 17.0. The molecular weight excluding hydrogens is 340 g/mol. The fourth-order valence-electron chi connectivity index (χ4n) is 2.08. The first-order valence-electron chi connectivity index (χ1n) is 7.90. The number of carbonyl (C=O) groups is 2. The molecule has 6 heteroatoms. The van der Waals surface area contributed by atoms with Gasteiger partial charge in [0.15, 0.2) is 0 Å². The van der Waals surface area contributed by atoms with Crippen LogP contribution >= 0.6 is 23.1 Å². The minimum Gasteiger partial charge on any atom is -0.355 e. The molecule has 0 radical (unpaired) electrons. The number of nitrogens with one attached hydrogen (secondary N) is 2. The van der Waals surface area contributed by atoms with Gasteiger partial charge in [-0.2, -0.15) is 23.1 Å². The van der Waals surface area contributed by atoms with Crippen LogP contribution in [0.25, 0.3) is 0 Å². The first kappa shape index (κ1) is 18.5. The van der Waals surface area contributed by atoms with E-state index >= 15 is 0 Å². The van der Waals surface area contributed by atoms with Crippen molar-refractivity contribution in [2.45, 2.75) is 18.6 Å². The van der Waals surface area contributed by atoms with Crippen molar-refractivity contribution >= 4 is 34.9 Å². The van der Waals surface area contributed by atoms with Gasteiger partial charge in [0, 0.05) is 31.0 Å². The highest BCUT2D eigenvalue weighted by atomic mass is 32.2. The van der Waals surface area contributed by atoms with Crippen LogP contribution < -0.4 is 10.6 Å². The third-order valence-electron chi connectivity index (χ3n) is 3.30. The van der Waals surface area contributed by atoms with Crippen molar-refractivity contribution < 1.29 is 9.59 Å². The zero-order valence-electron chi connectivity index (χ0n) is 13.5. The molecule has 128 valence electrons. The van der Waals surface area contributed by atoms with E-state index in [1.54, 1.807) is 23.1 Å². The molecular formula is C18H22N2O2S2.